The monoisotopic (exact) mass is 365 g/mol. The first-order valence-electron chi connectivity index (χ1n) is 8.94. The van der Waals surface area contributed by atoms with Crippen LogP contribution < -0.4 is 5.73 Å². The fourth-order valence-corrected chi connectivity index (χ4v) is 3.83. The highest BCUT2D eigenvalue weighted by Crippen LogP contribution is 2.24. The molecule has 6 nitrogen and oxygen atoms in total. The van der Waals surface area contributed by atoms with Crippen LogP contribution in [0.2, 0.25) is 0 Å². The Bertz CT molecular complexity index is 575. The molecule has 0 spiro atoms. The number of likely N-dealkylation sites (N-methyl/N-ethyl adjacent to an activating group) is 1. The van der Waals surface area contributed by atoms with Crippen molar-refractivity contribution in [1.29, 1.82) is 0 Å². The number of likely N-dealkylation sites (tertiary alicyclic amines) is 1. The van der Waals surface area contributed by atoms with E-state index >= 15 is 0 Å². The van der Waals surface area contributed by atoms with Gasteiger partial charge in [-0.1, -0.05) is 20.8 Å². The summed E-state index contributed by atoms with van der Waals surface area (Å²) in [6.45, 7) is 8.93. The minimum absolute atomic E-state index is 0.271. The summed E-state index contributed by atoms with van der Waals surface area (Å²) in [6.07, 6.45) is 4.29. The molecular formula is C18H31N5OS. The Morgan fingerprint density at radius 2 is 2.24 bits per heavy atom. The van der Waals surface area contributed by atoms with Crippen LogP contribution in [0, 0.1) is 0 Å². The van der Waals surface area contributed by atoms with Gasteiger partial charge in [0.25, 0.3) is 0 Å². The van der Waals surface area contributed by atoms with Crippen LogP contribution in [0.5, 0.6) is 0 Å². The van der Waals surface area contributed by atoms with Crippen LogP contribution >= 0.6 is 11.8 Å². The molecule has 1 saturated heterocycles. The van der Waals surface area contributed by atoms with Gasteiger partial charge in [-0.05, 0) is 31.7 Å². The van der Waals surface area contributed by atoms with E-state index in [2.05, 4.69) is 42.7 Å². The average Bonchev–Trinajstić information content (AvgIpc) is 3.00. The van der Waals surface area contributed by atoms with E-state index in [1.54, 1.807) is 12.3 Å². The maximum atomic E-state index is 12.4. The third kappa shape index (κ3) is 6.82. The molecule has 1 fully saturated rings. The number of amides is 1. The van der Waals surface area contributed by atoms with Crippen LogP contribution in [-0.4, -0.2) is 62.4 Å². The lowest BCUT2D eigenvalue weighted by atomic mass is 10.2. The van der Waals surface area contributed by atoms with Gasteiger partial charge in [0.15, 0.2) is 0 Å². The summed E-state index contributed by atoms with van der Waals surface area (Å²) < 4.78 is 0.271. The maximum absolute atomic E-state index is 12.4. The Balaban J connectivity index is 1.73. The van der Waals surface area contributed by atoms with Crippen molar-refractivity contribution in [3.63, 3.8) is 0 Å². The molecule has 1 aromatic rings. The Labute approximate surface area is 155 Å². The summed E-state index contributed by atoms with van der Waals surface area (Å²) in [7, 11) is 2.06. The molecule has 0 aliphatic carbocycles. The van der Waals surface area contributed by atoms with E-state index in [4.69, 9.17) is 5.73 Å². The smallest absolute Gasteiger partial charge is 0.222 e. The molecule has 1 amide bonds. The molecule has 2 rings (SSSR count). The van der Waals surface area contributed by atoms with Crippen LogP contribution in [0.15, 0.2) is 12.3 Å². The Kier molecular flexibility index (Phi) is 7.07. The van der Waals surface area contributed by atoms with Gasteiger partial charge >= 0.3 is 0 Å². The summed E-state index contributed by atoms with van der Waals surface area (Å²) in [6, 6.07) is 2.05. The fourth-order valence-electron chi connectivity index (χ4n) is 2.93. The Hall–Kier alpha value is -1.34. The quantitative estimate of drug-likeness (QED) is 0.748. The highest BCUT2D eigenvalue weighted by atomic mass is 32.2. The molecule has 0 unspecified atom stereocenters. The SMILES string of the molecule is CN(Cc1nccc(N)n1)[C@H]1CCN(C(=O)CCCSC(C)(C)C)C1. The molecule has 0 radical (unpaired) electrons. The Morgan fingerprint density at radius 3 is 2.92 bits per heavy atom. The lowest BCUT2D eigenvalue weighted by Gasteiger charge is -2.24. The van der Waals surface area contributed by atoms with Crippen molar-refractivity contribution in [2.45, 2.75) is 57.4 Å². The minimum atomic E-state index is 0.271. The van der Waals surface area contributed by atoms with Crippen LogP contribution in [-0.2, 0) is 11.3 Å². The van der Waals surface area contributed by atoms with E-state index in [1.165, 1.54) is 0 Å². The normalized spacial score (nSPS) is 18.1. The van der Waals surface area contributed by atoms with E-state index in [0.29, 0.717) is 24.8 Å². The van der Waals surface area contributed by atoms with Gasteiger partial charge in [0, 0.05) is 36.5 Å². The van der Waals surface area contributed by atoms with Crippen molar-refractivity contribution >= 4 is 23.5 Å². The lowest BCUT2D eigenvalue weighted by Crippen LogP contribution is -2.36. The zero-order valence-corrected chi connectivity index (χ0v) is 16.7. The van der Waals surface area contributed by atoms with Gasteiger partial charge in [0.2, 0.25) is 5.91 Å². The first-order chi connectivity index (χ1) is 11.7. The largest absolute Gasteiger partial charge is 0.384 e. The average molecular weight is 366 g/mol. The number of nitrogens with zero attached hydrogens (tertiary/aromatic N) is 4. The summed E-state index contributed by atoms with van der Waals surface area (Å²) in [5, 5.41) is 0. The van der Waals surface area contributed by atoms with Crippen LogP contribution in [0.25, 0.3) is 0 Å². The maximum Gasteiger partial charge on any atom is 0.222 e. The number of nitrogen functional groups attached to an aromatic ring is 1. The number of aromatic nitrogens is 2. The van der Waals surface area contributed by atoms with Crippen molar-refractivity contribution in [3.8, 4) is 0 Å². The van der Waals surface area contributed by atoms with E-state index < -0.39 is 0 Å². The molecule has 1 aromatic heterocycles. The number of hydrogen-bond acceptors (Lipinski definition) is 6. The van der Waals surface area contributed by atoms with E-state index in [1.807, 2.05) is 16.7 Å². The van der Waals surface area contributed by atoms with Gasteiger partial charge in [-0.15, -0.1) is 0 Å². The number of carbonyl (C=O) groups is 1. The summed E-state index contributed by atoms with van der Waals surface area (Å²) in [5.74, 6) is 2.55. The van der Waals surface area contributed by atoms with Crippen LogP contribution in [0.4, 0.5) is 5.82 Å². The van der Waals surface area contributed by atoms with Gasteiger partial charge in [0.1, 0.15) is 11.6 Å². The standard InChI is InChI=1S/C18H31N5OS/c1-18(2,3)25-11-5-6-17(24)23-10-8-14(12-23)22(4)13-16-20-9-7-15(19)21-16/h7,9,14H,5-6,8,10-13H2,1-4H3,(H2,19,20,21)/t14-/m0/s1. The fraction of sp³-hybridized carbons (Fsp3) is 0.722. The van der Waals surface area contributed by atoms with Crippen molar-refractivity contribution < 1.29 is 4.79 Å². The zero-order chi connectivity index (χ0) is 18.4. The summed E-state index contributed by atoms with van der Waals surface area (Å²) in [4.78, 5) is 25.1. The second kappa shape index (κ2) is 8.85. The molecule has 0 aromatic carbocycles. The van der Waals surface area contributed by atoms with Crippen LogP contribution in [0.1, 0.15) is 45.9 Å². The third-order valence-corrected chi connectivity index (χ3v) is 5.69. The summed E-state index contributed by atoms with van der Waals surface area (Å²) >= 11 is 1.92. The van der Waals surface area contributed by atoms with Gasteiger partial charge in [-0.2, -0.15) is 11.8 Å². The Morgan fingerprint density at radius 1 is 1.48 bits per heavy atom. The number of anilines is 1. The van der Waals surface area contributed by atoms with Crippen molar-refractivity contribution in [1.82, 2.24) is 19.8 Å². The topological polar surface area (TPSA) is 75.4 Å². The van der Waals surface area contributed by atoms with E-state index in [0.717, 1.165) is 37.5 Å². The number of carbonyl (C=O) groups excluding carboxylic acids is 1. The third-order valence-electron chi connectivity index (χ3n) is 4.33. The molecule has 25 heavy (non-hydrogen) atoms. The molecule has 2 heterocycles. The van der Waals surface area contributed by atoms with Crippen molar-refractivity contribution in [3.05, 3.63) is 18.1 Å². The predicted octanol–water partition coefficient (Wildman–Crippen LogP) is 2.40. The molecule has 1 atom stereocenters. The van der Waals surface area contributed by atoms with E-state index in [9.17, 15) is 4.79 Å². The molecule has 1 aliphatic rings. The minimum Gasteiger partial charge on any atom is -0.384 e. The van der Waals surface area contributed by atoms with Crippen LogP contribution in [0.3, 0.4) is 0 Å². The second-order valence-electron chi connectivity index (χ2n) is 7.66. The number of hydrogen-bond donors (Lipinski definition) is 1. The predicted molar refractivity (Wildman–Crippen MR) is 104 cm³/mol. The van der Waals surface area contributed by atoms with Crippen molar-refractivity contribution in [2.24, 2.45) is 0 Å². The highest BCUT2D eigenvalue weighted by Gasteiger charge is 2.28. The number of nitrogens with two attached hydrogens (primary N) is 1. The number of thioether (sulfide) groups is 1. The first-order valence-corrected chi connectivity index (χ1v) is 9.92. The van der Waals surface area contributed by atoms with Gasteiger partial charge < -0.3 is 10.6 Å². The zero-order valence-electron chi connectivity index (χ0n) is 15.9. The van der Waals surface area contributed by atoms with Crippen molar-refractivity contribution in [2.75, 3.05) is 31.6 Å². The molecule has 7 heteroatoms. The molecule has 2 N–H and O–H groups in total. The second-order valence-corrected chi connectivity index (χ2v) is 9.58. The highest BCUT2D eigenvalue weighted by molar-refractivity contribution is 8.00. The van der Waals surface area contributed by atoms with Gasteiger partial charge in [-0.25, -0.2) is 9.97 Å². The molecule has 140 valence electrons. The molecule has 0 bridgehead atoms. The lowest BCUT2D eigenvalue weighted by molar-refractivity contribution is -0.130. The first kappa shape index (κ1) is 20.0. The number of rotatable bonds is 7. The van der Waals surface area contributed by atoms with E-state index in [-0.39, 0.29) is 10.7 Å². The van der Waals surface area contributed by atoms with Gasteiger partial charge in [0.05, 0.1) is 6.54 Å². The van der Waals surface area contributed by atoms with Gasteiger partial charge in [-0.3, -0.25) is 9.69 Å². The molecular weight excluding hydrogens is 334 g/mol. The molecule has 0 saturated carbocycles. The summed E-state index contributed by atoms with van der Waals surface area (Å²) in [5.41, 5.74) is 5.71. The molecule has 1 aliphatic heterocycles.